The van der Waals surface area contributed by atoms with Crippen molar-refractivity contribution in [3.05, 3.63) is 29.8 Å². The van der Waals surface area contributed by atoms with Crippen LogP contribution in [-0.2, 0) is 16.2 Å². The number of rotatable bonds is 0. The third-order valence-electron chi connectivity index (χ3n) is 1.63. The molecule has 80 valence electrons. The van der Waals surface area contributed by atoms with Crippen LogP contribution < -0.4 is 5.32 Å². The Balaban J connectivity index is 0.000000245. The summed E-state index contributed by atoms with van der Waals surface area (Å²) in [4.78, 5) is 21.8. The zero-order valence-electron chi connectivity index (χ0n) is 7.34. The maximum absolute atomic E-state index is 11.0. The molecule has 0 saturated heterocycles. The molecule has 1 aromatic carbocycles. The standard InChI is InChI=1S/C8H5NO2.H2O3S/c10-7-5-3-1-2-4-6(5)9-8(7)11;1-4(2)3/h1-4H,(H,9,10,11);(H2,1,2,3). The Morgan fingerprint density at radius 2 is 1.67 bits per heavy atom. The van der Waals surface area contributed by atoms with E-state index in [0.717, 1.165) is 0 Å². The van der Waals surface area contributed by atoms with E-state index in [9.17, 15) is 9.59 Å². The average molecular weight is 229 g/mol. The maximum Gasteiger partial charge on any atom is 0.299 e. The van der Waals surface area contributed by atoms with E-state index in [1.807, 2.05) is 0 Å². The molecule has 3 N–H and O–H groups in total. The van der Waals surface area contributed by atoms with Gasteiger partial charge in [-0.2, -0.15) is 4.21 Å². The van der Waals surface area contributed by atoms with Gasteiger partial charge in [-0.05, 0) is 12.1 Å². The number of anilines is 1. The second-order valence-electron chi connectivity index (χ2n) is 2.56. The molecule has 0 aromatic heterocycles. The lowest BCUT2D eigenvalue weighted by atomic mass is 10.1. The Hall–Kier alpha value is -1.57. The third-order valence-corrected chi connectivity index (χ3v) is 1.63. The van der Waals surface area contributed by atoms with Gasteiger partial charge in [-0.3, -0.25) is 18.7 Å². The zero-order valence-corrected chi connectivity index (χ0v) is 8.15. The van der Waals surface area contributed by atoms with Crippen molar-refractivity contribution in [3.8, 4) is 0 Å². The summed E-state index contributed by atoms with van der Waals surface area (Å²) in [5.41, 5.74) is 1.08. The molecule has 2 rings (SSSR count). The van der Waals surface area contributed by atoms with Crippen molar-refractivity contribution in [1.29, 1.82) is 0 Å². The van der Waals surface area contributed by atoms with Gasteiger partial charge in [0, 0.05) is 0 Å². The molecular formula is C8H7NO5S. The molecule has 1 heterocycles. The van der Waals surface area contributed by atoms with Crippen LogP contribution in [0.15, 0.2) is 24.3 Å². The molecule has 0 aliphatic carbocycles. The molecule has 0 fully saturated rings. The lowest BCUT2D eigenvalue weighted by molar-refractivity contribution is -0.112. The first-order valence-electron chi connectivity index (χ1n) is 3.77. The lowest BCUT2D eigenvalue weighted by Crippen LogP contribution is -2.12. The van der Waals surface area contributed by atoms with E-state index in [2.05, 4.69) is 5.32 Å². The molecule has 15 heavy (non-hydrogen) atoms. The summed E-state index contributed by atoms with van der Waals surface area (Å²) in [7, 11) is 0. The van der Waals surface area contributed by atoms with Crippen LogP contribution in [0.2, 0.25) is 0 Å². The Kier molecular flexibility index (Phi) is 3.67. The Labute approximate surface area is 87.4 Å². The smallest absolute Gasteiger partial charge is 0.299 e. The number of hydrogen-bond acceptors (Lipinski definition) is 3. The van der Waals surface area contributed by atoms with Crippen molar-refractivity contribution in [1.82, 2.24) is 0 Å². The quantitative estimate of drug-likeness (QED) is 0.444. The van der Waals surface area contributed by atoms with E-state index < -0.39 is 23.1 Å². The van der Waals surface area contributed by atoms with Crippen LogP contribution in [-0.4, -0.2) is 25.0 Å². The maximum atomic E-state index is 11.0. The number of amides is 1. The van der Waals surface area contributed by atoms with Gasteiger partial charge in [0.15, 0.2) is 0 Å². The normalized spacial score (nSPS) is 13.0. The highest BCUT2D eigenvalue weighted by Crippen LogP contribution is 2.21. The van der Waals surface area contributed by atoms with Gasteiger partial charge in [-0.15, -0.1) is 0 Å². The fraction of sp³-hybridized carbons (Fsp3) is 0. The van der Waals surface area contributed by atoms with Crippen LogP contribution in [0.3, 0.4) is 0 Å². The number of carbonyl (C=O) groups excluding carboxylic acids is 2. The van der Waals surface area contributed by atoms with E-state index in [-0.39, 0.29) is 0 Å². The molecule has 1 aromatic rings. The molecule has 0 saturated carbocycles. The number of Topliss-reactive ketones (excluding diaryl/α,β-unsaturated/α-hetero) is 1. The van der Waals surface area contributed by atoms with Crippen molar-refractivity contribution in [2.45, 2.75) is 0 Å². The van der Waals surface area contributed by atoms with Crippen LogP contribution in [0.5, 0.6) is 0 Å². The van der Waals surface area contributed by atoms with Crippen LogP contribution in [0, 0.1) is 0 Å². The molecule has 1 aliphatic rings. The van der Waals surface area contributed by atoms with Crippen LogP contribution in [0.1, 0.15) is 10.4 Å². The number of benzene rings is 1. The minimum Gasteiger partial charge on any atom is -0.318 e. The fourth-order valence-corrected chi connectivity index (χ4v) is 1.09. The summed E-state index contributed by atoms with van der Waals surface area (Å²) in [5.74, 6) is -0.980. The summed E-state index contributed by atoms with van der Waals surface area (Å²) in [6.45, 7) is 0. The molecule has 0 atom stereocenters. The molecule has 1 aliphatic heterocycles. The van der Waals surface area contributed by atoms with E-state index in [0.29, 0.717) is 11.3 Å². The van der Waals surface area contributed by atoms with E-state index in [1.165, 1.54) is 0 Å². The van der Waals surface area contributed by atoms with Gasteiger partial charge in [0.2, 0.25) is 0 Å². The Bertz CT molecular complexity index is 427. The third kappa shape index (κ3) is 2.94. The highest BCUT2D eigenvalue weighted by Gasteiger charge is 2.26. The Morgan fingerprint density at radius 3 is 2.20 bits per heavy atom. The van der Waals surface area contributed by atoms with E-state index in [4.69, 9.17) is 13.3 Å². The molecule has 7 heteroatoms. The number of ketones is 1. The van der Waals surface area contributed by atoms with Gasteiger partial charge in [-0.1, -0.05) is 12.1 Å². The average Bonchev–Trinajstić information content (AvgIpc) is 2.43. The van der Waals surface area contributed by atoms with Crippen LogP contribution in [0.25, 0.3) is 0 Å². The van der Waals surface area contributed by atoms with Gasteiger partial charge >= 0.3 is 0 Å². The summed E-state index contributed by atoms with van der Waals surface area (Å²) in [6, 6.07) is 6.85. The fourth-order valence-electron chi connectivity index (χ4n) is 1.09. The highest BCUT2D eigenvalue weighted by atomic mass is 32.2. The molecule has 0 bridgehead atoms. The van der Waals surface area contributed by atoms with Crippen molar-refractivity contribution in [3.63, 3.8) is 0 Å². The first kappa shape index (κ1) is 11.5. The second-order valence-corrected chi connectivity index (χ2v) is 3.02. The van der Waals surface area contributed by atoms with Gasteiger partial charge < -0.3 is 5.32 Å². The largest absolute Gasteiger partial charge is 0.318 e. The number of nitrogens with one attached hydrogen (secondary N) is 1. The zero-order chi connectivity index (χ0) is 11.4. The Morgan fingerprint density at radius 1 is 1.13 bits per heavy atom. The van der Waals surface area contributed by atoms with Gasteiger partial charge in [-0.25, -0.2) is 0 Å². The van der Waals surface area contributed by atoms with Crippen molar-refractivity contribution >= 4 is 28.7 Å². The van der Waals surface area contributed by atoms with Crippen molar-refractivity contribution in [2.24, 2.45) is 0 Å². The monoisotopic (exact) mass is 229 g/mol. The minimum atomic E-state index is -2.61. The number of para-hydroxylation sites is 1. The van der Waals surface area contributed by atoms with Crippen LogP contribution in [0.4, 0.5) is 5.69 Å². The van der Waals surface area contributed by atoms with Gasteiger partial charge in [0.1, 0.15) is 0 Å². The van der Waals surface area contributed by atoms with Crippen molar-refractivity contribution in [2.75, 3.05) is 5.32 Å². The van der Waals surface area contributed by atoms with E-state index >= 15 is 0 Å². The molecule has 0 spiro atoms. The minimum absolute atomic E-state index is 0.444. The molecular weight excluding hydrogens is 222 g/mol. The lowest BCUT2D eigenvalue weighted by Gasteiger charge is -1.91. The SMILES string of the molecule is O=C1Nc2ccccc2C1=O.O=S(O)O. The topological polar surface area (TPSA) is 104 Å². The summed E-state index contributed by atoms with van der Waals surface area (Å²) in [6.07, 6.45) is 0. The number of fused-ring (bicyclic) bond motifs is 1. The molecule has 6 nitrogen and oxygen atoms in total. The molecule has 0 radical (unpaired) electrons. The van der Waals surface area contributed by atoms with Gasteiger partial charge in [0.05, 0.1) is 11.3 Å². The first-order chi connectivity index (χ1) is 7.02. The number of carbonyl (C=O) groups is 2. The summed E-state index contributed by atoms with van der Waals surface area (Å²) in [5, 5.41) is 2.46. The van der Waals surface area contributed by atoms with Crippen LogP contribution >= 0.6 is 0 Å². The van der Waals surface area contributed by atoms with Crippen molar-refractivity contribution < 1.29 is 22.9 Å². The summed E-state index contributed by atoms with van der Waals surface area (Å²) >= 11 is -2.61. The van der Waals surface area contributed by atoms with Gasteiger partial charge in [0.25, 0.3) is 23.1 Å². The highest BCUT2D eigenvalue weighted by molar-refractivity contribution is 7.73. The molecule has 0 unspecified atom stereocenters. The first-order valence-corrected chi connectivity index (χ1v) is 4.83. The number of hydrogen-bond donors (Lipinski definition) is 3. The van der Waals surface area contributed by atoms with E-state index in [1.54, 1.807) is 24.3 Å². The second kappa shape index (κ2) is 4.78. The molecule has 1 amide bonds. The predicted octanol–water partition coefficient (Wildman–Crippen LogP) is 0.503. The summed E-state index contributed by atoms with van der Waals surface area (Å²) < 4.78 is 22.8. The predicted molar refractivity (Wildman–Crippen MR) is 52.8 cm³/mol.